The molecule has 0 saturated heterocycles. The predicted octanol–water partition coefficient (Wildman–Crippen LogP) is 8.61. The number of fused-ring (bicyclic) bond motifs is 11. The van der Waals surface area contributed by atoms with Crippen molar-refractivity contribution < 1.29 is 23.2 Å². The van der Waals surface area contributed by atoms with E-state index in [1.165, 1.54) is 0 Å². The molecule has 0 radical (unpaired) electrons. The summed E-state index contributed by atoms with van der Waals surface area (Å²) in [6.45, 7) is -1.27. The van der Waals surface area contributed by atoms with Crippen LogP contribution in [0.5, 0.6) is 23.0 Å². The zero-order valence-corrected chi connectivity index (χ0v) is 24.4. The van der Waals surface area contributed by atoms with Crippen LogP contribution in [0, 0.1) is 0 Å². The smallest absolute Gasteiger partial charge is 0.260 e. The molecular weight excluding hydrogens is 575 g/mol. The highest BCUT2D eigenvalue weighted by Crippen LogP contribution is 2.44. The van der Waals surface area contributed by atoms with Gasteiger partial charge in [0.15, 0.2) is 0 Å². The maximum atomic E-state index is 9.84. The van der Waals surface area contributed by atoms with E-state index in [0.29, 0.717) is 11.0 Å². The molecular formula is C42H25BN2O2. The van der Waals surface area contributed by atoms with Gasteiger partial charge in [-0.15, -0.1) is 0 Å². The lowest BCUT2D eigenvalue weighted by atomic mass is 9.35. The predicted molar refractivity (Wildman–Crippen MR) is 193 cm³/mol. The molecule has 4 nitrogen and oxygen atoms in total. The Labute approximate surface area is 284 Å². The Morgan fingerprint density at radius 1 is 0.468 bits per heavy atom. The van der Waals surface area contributed by atoms with Gasteiger partial charge in [-0.1, -0.05) is 90.9 Å². The van der Waals surface area contributed by atoms with Crippen molar-refractivity contribution >= 4 is 66.7 Å². The topological polar surface area (TPSA) is 28.3 Å². The van der Waals surface area contributed by atoms with Crippen molar-refractivity contribution in [3.05, 3.63) is 151 Å². The molecule has 0 spiro atoms. The summed E-state index contributed by atoms with van der Waals surface area (Å²) < 4.78 is 106. The van der Waals surface area contributed by atoms with Crippen molar-refractivity contribution in [3.63, 3.8) is 0 Å². The van der Waals surface area contributed by atoms with Crippen LogP contribution in [0.25, 0.3) is 55.0 Å². The van der Waals surface area contributed by atoms with Gasteiger partial charge in [-0.05, 0) is 59.4 Å². The first-order valence-electron chi connectivity index (χ1n) is 20.3. The Balaban J connectivity index is 1.28. The van der Waals surface area contributed by atoms with Crippen LogP contribution in [-0.4, -0.2) is 15.8 Å². The van der Waals surface area contributed by atoms with E-state index in [1.807, 2.05) is 71.3 Å². The Kier molecular flexibility index (Phi) is 3.42. The summed E-state index contributed by atoms with van der Waals surface area (Å²) in [4.78, 5) is 0. The fraction of sp³-hybridized carbons (Fsp3) is 0. The molecule has 0 amide bonds. The molecule has 9 aromatic rings. The fourth-order valence-electron chi connectivity index (χ4n) is 7.46. The van der Waals surface area contributed by atoms with Gasteiger partial charge in [0.1, 0.15) is 23.0 Å². The van der Waals surface area contributed by atoms with Gasteiger partial charge < -0.3 is 18.6 Å². The van der Waals surface area contributed by atoms with Gasteiger partial charge in [-0.2, -0.15) is 0 Å². The maximum absolute atomic E-state index is 9.84. The molecule has 0 fully saturated rings. The minimum Gasteiger partial charge on any atom is -0.458 e. The van der Waals surface area contributed by atoms with Crippen LogP contribution in [0.1, 0.15) is 13.7 Å². The Bertz CT molecular complexity index is 3230. The average Bonchev–Trinajstić information content (AvgIpc) is 3.75. The van der Waals surface area contributed by atoms with Crippen LogP contribution in [0.3, 0.4) is 0 Å². The average molecular weight is 611 g/mol. The molecule has 4 heterocycles. The van der Waals surface area contributed by atoms with Gasteiger partial charge in [0.05, 0.1) is 41.5 Å². The molecule has 0 saturated carbocycles. The highest BCUT2D eigenvalue weighted by molar-refractivity contribution is 6.98. The Hall–Kier alpha value is -6.20. The van der Waals surface area contributed by atoms with Crippen molar-refractivity contribution in [2.75, 3.05) is 0 Å². The van der Waals surface area contributed by atoms with Gasteiger partial charge in [0.25, 0.3) is 6.71 Å². The lowest BCUT2D eigenvalue weighted by molar-refractivity contribution is 0.464. The van der Waals surface area contributed by atoms with Crippen molar-refractivity contribution in [3.8, 4) is 34.4 Å². The summed E-state index contributed by atoms with van der Waals surface area (Å²) in [7, 11) is 0. The van der Waals surface area contributed by atoms with Crippen LogP contribution < -0.4 is 25.9 Å². The monoisotopic (exact) mass is 610 g/mol. The van der Waals surface area contributed by atoms with E-state index in [2.05, 4.69) is 28.8 Å². The second kappa shape index (κ2) is 9.18. The SMILES string of the molecule is [2H]c1c([2H])c([2H])c2c(c1[2H])Oc1c([2H])c(-n3c4ccccc4c4c5c6ccccc6n(-c6ccccc6)c5ccc43)c([2H])c3c1B2c1c([2H])c([2H])c([2H])c([2H])c1O3. The molecule has 2 aliphatic heterocycles. The van der Waals surface area contributed by atoms with Crippen LogP contribution in [-0.2, 0) is 0 Å². The largest absolute Gasteiger partial charge is 0.458 e. The summed E-state index contributed by atoms with van der Waals surface area (Å²) in [5.41, 5.74) is 4.33. The van der Waals surface area contributed by atoms with Crippen molar-refractivity contribution in [1.29, 1.82) is 0 Å². The molecule has 0 aliphatic carbocycles. The second-order valence-electron chi connectivity index (χ2n) is 11.7. The van der Waals surface area contributed by atoms with Crippen molar-refractivity contribution in [2.24, 2.45) is 0 Å². The third-order valence-corrected chi connectivity index (χ3v) is 9.30. The van der Waals surface area contributed by atoms with Gasteiger partial charge in [0.2, 0.25) is 0 Å². The number of hydrogen-bond acceptors (Lipinski definition) is 2. The molecule has 0 unspecified atom stereocenters. The number of benzene rings is 7. The third-order valence-electron chi connectivity index (χ3n) is 9.30. The van der Waals surface area contributed by atoms with Gasteiger partial charge >= 0.3 is 0 Å². The first-order chi connectivity index (χ1) is 27.5. The molecule has 0 bridgehead atoms. The summed E-state index contributed by atoms with van der Waals surface area (Å²) in [5, 5.41) is 3.73. The minimum atomic E-state index is -1.27. The van der Waals surface area contributed by atoms with E-state index in [9.17, 15) is 2.74 Å². The molecule has 7 aromatic carbocycles. The van der Waals surface area contributed by atoms with Gasteiger partial charge in [-0.3, -0.25) is 0 Å². The van der Waals surface area contributed by atoms with Crippen LogP contribution in [0.2, 0.25) is 0 Å². The first kappa shape index (κ1) is 17.5. The zero-order chi connectivity index (χ0) is 39.3. The lowest BCUT2D eigenvalue weighted by Gasteiger charge is -2.33. The number of para-hydroxylation sites is 5. The van der Waals surface area contributed by atoms with E-state index < -0.39 is 55.1 Å². The summed E-state index contributed by atoms with van der Waals surface area (Å²) >= 11 is 0. The van der Waals surface area contributed by atoms with Crippen LogP contribution >= 0.6 is 0 Å². The quantitative estimate of drug-likeness (QED) is 0.184. The fourth-order valence-corrected chi connectivity index (χ4v) is 7.46. The Morgan fingerprint density at radius 2 is 0.957 bits per heavy atom. The van der Waals surface area contributed by atoms with E-state index >= 15 is 0 Å². The minimum absolute atomic E-state index is 0.0634. The molecule has 2 aliphatic rings. The first-order valence-corrected chi connectivity index (χ1v) is 15.3. The van der Waals surface area contributed by atoms with Crippen molar-refractivity contribution in [2.45, 2.75) is 0 Å². The van der Waals surface area contributed by atoms with E-state index in [1.54, 1.807) is 0 Å². The van der Waals surface area contributed by atoms with E-state index in [4.69, 9.17) is 20.4 Å². The normalized spacial score (nSPS) is 16.0. The third kappa shape index (κ3) is 3.32. The molecule has 0 N–H and O–H groups in total. The highest BCUT2D eigenvalue weighted by atomic mass is 16.5. The molecule has 218 valence electrons. The number of aromatic nitrogens is 2. The standard InChI is InChI=1S/C42H25BN2O2/c1-2-12-26(13-3-1)44-32-18-8-4-14-28(32)40-34(44)22-23-35-41(40)29-15-5-9-19-33(29)45(35)27-24-38-42-39(25-27)47-37-21-11-7-17-31(37)43(42)30-16-6-10-20-36(30)46-38/h1-25H/i6D,7D,10D,11D,16D,17D,20D,21D,24D,25D. The number of ether oxygens (including phenoxy) is 2. The molecule has 47 heavy (non-hydrogen) atoms. The summed E-state index contributed by atoms with van der Waals surface area (Å²) in [6, 6.07) is 25.3. The molecule has 5 heteroatoms. The molecule has 2 aromatic heterocycles. The van der Waals surface area contributed by atoms with Gasteiger partial charge in [0, 0.05) is 44.8 Å². The zero-order valence-electron chi connectivity index (χ0n) is 34.4. The molecule has 11 rings (SSSR count). The van der Waals surface area contributed by atoms with Crippen LogP contribution in [0.15, 0.2) is 151 Å². The van der Waals surface area contributed by atoms with Gasteiger partial charge in [-0.25, -0.2) is 0 Å². The maximum Gasteiger partial charge on any atom is 0.260 e. The van der Waals surface area contributed by atoms with E-state index in [-0.39, 0.29) is 57.2 Å². The lowest BCUT2D eigenvalue weighted by Crippen LogP contribution is -2.57. The summed E-state index contributed by atoms with van der Waals surface area (Å²) in [6.07, 6.45) is 0. The van der Waals surface area contributed by atoms with Crippen LogP contribution in [0.4, 0.5) is 0 Å². The molecule has 0 atom stereocenters. The van der Waals surface area contributed by atoms with E-state index in [0.717, 1.165) is 38.3 Å². The second-order valence-corrected chi connectivity index (χ2v) is 11.7. The Morgan fingerprint density at radius 3 is 1.53 bits per heavy atom. The highest BCUT2D eigenvalue weighted by Gasteiger charge is 2.40. The van der Waals surface area contributed by atoms with Crippen molar-refractivity contribution in [1.82, 2.24) is 9.13 Å². The summed E-state index contributed by atoms with van der Waals surface area (Å²) in [5.74, 6) is -0.798. The number of hydrogen-bond donors (Lipinski definition) is 0. The number of rotatable bonds is 2. The number of nitrogens with zero attached hydrogens (tertiary/aromatic N) is 2.